The van der Waals surface area contributed by atoms with Crippen molar-refractivity contribution in [2.24, 2.45) is 0 Å². The van der Waals surface area contributed by atoms with Crippen LogP contribution in [-0.2, 0) is 78.8 Å². The summed E-state index contributed by atoms with van der Waals surface area (Å²) in [6.07, 6.45) is 0. The van der Waals surface area contributed by atoms with Crippen LogP contribution in [0.15, 0.2) is 206 Å². The van der Waals surface area contributed by atoms with Crippen molar-refractivity contribution in [2.45, 2.75) is 116 Å². The number of hydrogen-bond acceptors (Lipinski definition) is 12. The van der Waals surface area contributed by atoms with E-state index >= 15 is 0 Å². The van der Waals surface area contributed by atoms with Crippen LogP contribution in [0.3, 0.4) is 0 Å². The van der Waals surface area contributed by atoms with Crippen molar-refractivity contribution in [3.63, 3.8) is 0 Å². The number of amides is 4. The number of benzene rings is 8. The number of fused-ring (bicyclic) bond motifs is 4. The lowest BCUT2D eigenvalue weighted by Crippen LogP contribution is -2.38. The smallest absolute Gasteiger partial charge is 0.257 e. The van der Waals surface area contributed by atoms with Crippen molar-refractivity contribution < 1.29 is 82.0 Å². The molecule has 4 aliphatic heterocycles. The molecule has 0 fully saturated rings. The standard InChI is InChI=1S/2C20H16F3N3O2.2C20H17F2N3O2.5CH4/c21-14-2-1-3-17(9-14)28-12-15-10-16-11-25(6-7-26(16)24-15)20(27)13-4-5-18(22)19(23)8-13;21-13-2-1-3-17(8-13)28-12-15-10-16-11-25(6-7-26(16)24-15)20(27)18-5-4-14(22)9-19(18)23;21-15-4-1-3-14(9-15)20(26)24-7-8-25-18(12-24)11-17(23-25)13-27-19-6-2-5-16(22)10-19;21-15-6-4-14(5-7-15)20(26)24-8-9-25-18(12-24)11-17(23-25)13-27-19-3-1-2-16(22)10-19;;;;;/h2*1-5,8-10H,6-7,11-12H2;1-6,9-11H,7-8,12-13H2;1-7,10-11H,8-9,12-13H2;5*1H4. The van der Waals surface area contributed by atoms with Gasteiger partial charge < -0.3 is 38.5 Å². The van der Waals surface area contributed by atoms with Crippen LogP contribution in [0.4, 0.5) is 43.9 Å². The number of rotatable bonds is 16. The third kappa shape index (κ3) is 22.7. The van der Waals surface area contributed by atoms with E-state index in [0.717, 1.165) is 47.0 Å². The number of ether oxygens (including phenoxy) is 4. The Morgan fingerprint density at radius 1 is 0.270 bits per heavy atom. The highest BCUT2D eigenvalue weighted by atomic mass is 19.2. The van der Waals surface area contributed by atoms with E-state index in [2.05, 4.69) is 20.4 Å². The van der Waals surface area contributed by atoms with Crippen molar-refractivity contribution in [3.8, 4) is 23.0 Å². The maximum Gasteiger partial charge on any atom is 0.257 e. The number of carbonyl (C=O) groups excluding carboxylic acids is 4. The summed E-state index contributed by atoms with van der Waals surface area (Å²) in [6, 6.07) is 48.1. The molecule has 4 aliphatic rings. The van der Waals surface area contributed by atoms with Crippen LogP contribution in [0.25, 0.3) is 0 Å². The Morgan fingerprint density at radius 3 is 0.896 bits per heavy atom. The zero-order valence-electron chi connectivity index (χ0n) is 58.4. The van der Waals surface area contributed by atoms with Gasteiger partial charge in [-0.2, -0.15) is 20.4 Å². The molecular formula is C85H86F10N12O8. The fourth-order valence-corrected chi connectivity index (χ4v) is 12.4. The maximum absolute atomic E-state index is 13.9. The van der Waals surface area contributed by atoms with Gasteiger partial charge in [-0.3, -0.25) is 37.9 Å². The van der Waals surface area contributed by atoms with E-state index in [-0.39, 0.29) is 128 Å². The molecule has 0 atom stereocenters. The van der Waals surface area contributed by atoms with Crippen LogP contribution < -0.4 is 18.9 Å². The molecule has 4 aromatic heterocycles. The minimum Gasteiger partial charge on any atom is -0.487 e. The maximum atomic E-state index is 13.9. The quantitative estimate of drug-likeness (QED) is 0.0834. The number of halogens is 10. The Kier molecular flexibility index (Phi) is 30.4. The Hall–Kier alpha value is -13.0. The van der Waals surface area contributed by atoms with Crippen molar-refractivity contribution >= 4 is 23.6 Å². The van der Waals surface area contributed by atoms with E-state index in [0.29, 0.717) is 135 Å². The SMILES string of the molecule is C.C.C.C.C.O=C(c1ccc(F)c(F)c1)N1CCn2nc(COc3cccc(F)c3)cc2C1.O=C(c1ccc(F)cc1)N1CCn2nc(COc3cccc(F)c3)cc2C1.O=C(c1ccc(F)cc1F)N1CCn2nc(COc3cccc(F)c3)cc2C1.O=C(c1cccc(F)c1)N1CCn2nc(COc3cccc(F)c3)cc2C1. The highest BCUT2D eigenvalue weighted by molar-refractivity contribution is 5.96. The average molecular weight is 1590 g/mol. The summed E-state index contributed by atoms with van der Waals surface area (Å²) < 4.78 is 162. The van der Waals surface area contributed by atoms with Gasteiger partial charge >= 0.3 is 0 Å². The molecule has 0 N–H and O–H groups in total. The molecule has 8 aromatic carbocycles. The van der Waals surface area contributed by atoms with Crippen LogP contribution in [-0.4, -0.2) is 109 Å². The molecule has 115 heavy (non-hydrogen) atoms. The van der Waals surface area contributed by atoms with Gasteiger partial charge in [0, 0.05) is 73.2 Å². The van der Waals surface area contributed by atoms with E-state index < -0.39 is 35.0 Å². The first kappa shape index (κ1) is 87.6. The fraction of sp³-hybridized carbons (Fsp3) is 0.247. The van der Waals surface area contributed by atoms with E-state index in [1.165, 1.54) is 102 Å². The number of aromatic nitrogens is 8. The zero-order valence-corrected chi connectivity index (χ0v) is 58.4. The van der Waals surface area contributed by atoms with Crippen LogP contribution in [0.1, 0.15) is 124 Å². The van der Waals surface area contributed by atoms with Crippen LogP contribution >= 0.6 is 0 Å². The normalized spacial score (nSPS) is 12.7. The predicted molar refractivity (Wildman–Crippen MR) is 410 cm³/mol. The first-order chi connectivity index (χ1) is 53.1. The minimum absolute atomic E-state index is 0. The highest BCUT2D eigenvalue weighted by Gasteiger charge is 2.29. The summed E-state index contributed by atoms with van der Waals surface area (Å²) in [5.41, 5.74) is 6.79. The lowest BCUT2D eigenvalue weighted by atomic mass is 10.1. The first-order valence-electron chi connectivity index (χ1n) is 34.5. The molecule has 0 saturated heterocycles. The molecule has 0 spiro atoms. The van der Waals surface area contributed by atoms with Gasteiger partial charge in [-0.05, 0) is 146 Å². The van der Waals surface area contributed by atoms with Crippen LogP contribution in [0, 0.1) is 58.2 Å². The monoisotopic (exact) mass is 1590 g/mol. The summed E-state index contributed by atoms with van der Waals surface area (Å²) in [5.74, 6) is -5.47. The van der Waals surface area contributed by atoms with Crippen LogP contribution in [0.5, 0.6) is 23.0 Å². The molecule has 0 radical (unpaired) electrons. The molecule has 30 heteroatoms. The van der Waals surface area contributed by atoms with E-state index in [1.807, 2.05) is 27.6 Å². The fourth-order valence-electron chi connectivity index (χ4n) is 12.4. The van der Waals surface area contributed by atoms with Gasteiger partial charge in [0.25, 0.3) is 23.6 Å². The van der Waals surface area contributed by atoms with E-state index in [1.54, 1.807) is 84.7 Å². The minimum atomic E-state index is -1.05. The van der Waals surface area contributed by atoms with Gasteiger partial charge in [-0.1, -0.05) is 67.5 Å². The highest BCUT2D eigenvalue weighted by Crippen LogP contribution is 2.26. The first-order valence-corrected chi connectivity index (χ1v) is 34.5. The topological polar surface area (TPSA) is 189 Å². The third-order valence-corrected chi connectivity index (χ3v) is 17.8. The summed E-state index contributed by atoms with van der Waals surface area (Å²) in [7, 11) is 0. The summed E-state index contributed by atoms with van der Waals surface area (Å²) in [6.45, 7) is 5.93. The molecule has 0 unspecified atom stereocenters. The molecule has 20 nitrogen and oxygen atoms in total. The van der Waals surface area contributed by atoms with Gasteiger partial charge in [0.1, 0.15) is 119 Å². The summed E-state index contributed by atoms with van der Waals surface area (Å²) in [4.78, 5) is 56.7. The molecule has 4 amide bonds. The van der Waals surface area contributed by atoms with Gasteiger partial charge in [0.05, 0.1) is 80.7 Å². The van der Waals surface area contributed by atoms with Gasteiger partial charge in [-0.15, -0.1) is 0 Å². The Balaban J connectivity index is 0.000000189. The van der Waals surface area contributed by atoms with E-state index in [9.17, 15) is 63.1 Å². The second-order valence-corrected chi connectivity index (χ2v) is 25.6. The van der Waals surface area contributed by atoms with Gasteiger partial charge in [0.2, 0.25) is 0 Å². The third-order valence-electron chi connectivity index (χ3n) is 17.8. The zero-order chi connectivity index (χ0) is 77.0. The van der Waals surface area contributed by atoms with Crippen molar-refractivity contribution in [1.82, 2.24) is 58.7 Å². The second kappa shape index (κ2) is 39.9. The Labute approximate surface area is 658 Å². The predicted octanol–water partition coefficient (Wildman–Crippen LogP) is 17.0. The van der Waals surface area contributed by atoms with Gasteiger partial charge in [0.15, 0.2) is 11.6 Å². The molecule has 12 aromatic rings. The van der Waals surface area contributed by atoms with Crippen molar-refractivity contribution in [2.75, 3.05) is 26.2 Å². The molecule has 0 bridgehead atoms. The van der Waals surface area contributed by atoms with Gasteiger partial charge in [-0.25, -0.2) is 43.9 Å². The lowest BCUT2D eigenvalue weighted by Gasteiger charge is -2.27. The van der Waals surface area contributed by atoms with E-state index in [4.69, 9.17) is 18.9 Å². The molecule has 0 saturated carbocycles. The van der Waals surface area contributed by atoms with Crippen molar-refractivity contribution in [1.29, 1.82) is 0 Å². The summed E-state index contributed by atoms with van der Waals surface area (Å²) in [5, 5.41) is 17.8. The largest absolute Gasteiger partial charge is 0.487 e. The molecule has 0 aliphatic carbocycles. The number of nitrogens with zero attached hydrogens (tertiary/aromatic N) is 12. The number of hydrogen-bond donors (Lipinski definition) is 0. The second-order valence-electron chi connectivity index (χ2n) is 25.6. The molecule has 16 rings (SSSR count). The molecule has 604 valence electrons. The molecular weight excluding hydrogens is 1510 g/mol. The average Bonchev–Trinajstić information content (AvgIpc) is 1.75. The lowest BCUT2D eigenvalue weighted by molar-refractivity contribution is 0.0695. The Morgan fingerprint density at radius 2 is 0.565 bits per heavy atom. The Bertz CT molecular complexity index is 5330. The number of carbonyl (C=O) groups is 4. The van der Waals surface area contributed by atoms with Crippen LogP contribution in [0.2, 0.25) is 0 Å². The summed E-state index contributed by atoms with van der Waals surface area (Å²) >= 11 is 0. The molecule has 8 heterocycles. The van der Waals surface area contributed by atoms with Crippen molar-refractivity contribution in [3.05, 3.63) is 332 Å².